The molecule has 0 aliphatic carbocycles. The molecule has 2 heterocycles. The Hall–Kier alpha value is -3.09. The second-order valence-corrected chi connectivity index (χ2v) is 5.39. The average Bonchev–Trinajstić information content (AvgIpc) is 3.09. The van der Waals surface area contributed by atoms with Gasteiger partial charge < -0.3 is 20.3 Å². The lowest BCUT2D eigenvalue weighted by atomic mass is 10.2. The maximum Gasteiger partial charge on any atom is 0.337 e. The lowest BCUT2D eigenvalue weighted by Crippen LogP contribution is -2.06. The largest absolute Gasteiger partial charge is 0.478 e. The van der Waals surface area contributed by atoms with Gasteiger partial charge in [0.15, 0.2) is 0 Å². The molecule has 24 heavy (non-hydrogen) atoms. The molecule has 7 nitrogen and oxygen atoms in total. The minimum absolute atomic E-state index is 0.249. The van der Waals surface area contributed by atoms with Crippen LogP contribution < -0.4 is 10.6 Å². The number of aromatic nitrogens is 3. The molecule has 0 bridgehead atoms. The summed E-state index contributed by atoms with van der Waals surface area (Å²) >= 11 is 0. The SMILES string of the molecule is CCCNc1nc(NC)nc2cc(-n3ccc(C(=O)O)c3)ccc12. The number of rotatable bonds is 6. The minimum Gasteiger partial charge on any atom is -0.478 e. The molecule has 2 aromatic heterocycles. The highest BCUT2D eigenvalue weighted by Crippen LogP contribution is 2.25. The Bertz CT molecular complexity index is 888. The Balaban J connectivity index is 2.07. The fraction of sp³-hybridized carbons (Fsp3) is 0.235. The van der Waals surface area contributed by atoms with E-state index in [9.17, 15) is 4.79 Å². The van der Waals surface area contributed by atoms with E-state index in [0.717, 1.165) is 35.4 Å². The van der Waals surface area contributed by atoms with Gasteiger partial charge in [-0.1, -0.05) is 6.92 Å². The zero-order chi connectivity index (χ0) is 17.1. The third kappa shape index (κ3) is 3.01. The predicted molar refractivity (Wildman–Crippen MR) is 94.2 cm³/mol. The quantitative estimate of drug-likeness (QED) is 0.645. The standard InChI is InChI=1S/C17H19N5O2/c1-3-7-19-15-13-5-4-12(9-14(13)20-17(18-2)21-15)22-8-6-11(10-22)16(23)24/h4-6,8-10H,3,7H2,1-2H3,(H,23,24)(H2,18,19,20,21). The third-order valence-electron chi connectivity index (χ3n) is 3.68. The van der Waals surface area contributed by atoms with Gasteiger partial charge >= 0.3 is 5.97 Å². The number of anilines is 2. The molecule has 7 heteroatoms. The van der Waals surface area contributed by atoms with Crippen LogP contribution in [0.4, 0.5) is 11.8 Å². The van der Waals surface area contributed by atoms with Crippen LogP contribution in [0.15, 0.2) is 36.7 Å². The van der Waals surface area contributed by atoms with Gasteiger partial charge in [0.1, 0.15) is 5.82 Å². The average molecular weight is 325 g/mol. The highest BCUT2D eigenvalue weighted by molar-refractivity contribution is 5.91. The molecule has 0 aliphatic rings. The van der Waals surface area contributed by atoms with E-state index in [2.05, 4.69) is 27.5 Å². The van der Waals surface area contributed by atoms with E-state index < -0.39 is 5.97 Å². The number of hydrogen-bond donors (Lipinski definition) is 3. The Morgan fingerprint density at radius 2 is 2.12 bits per heavy atom. The summed E-state index contributed by atoms with van der Waals surface area (Å²) in [5, 5.41) is 16.3. The van der Waals surface area contributed by atoms with Crippen LogP contribution in [0.25, 0.3) is 16.6 Å². The maximum atomic E-state index is 11.0. The zero-order valence-corrected chi connectivity index (χ0v) is 13.6. The molecule has 0 radical (unpaired) electrons. The van der Waals surface area contributed by atoms with Crippen molar-refractivity contribution in [1.82, 2.24) is 14.5 Å². The van der Waals surface area contributed by atoms with Gasteiger partial charge in [0.25, 0.3) is 0 Å². The number of aromatic carboxylic acids is 1. The van der Waals surface area contributed by atoms with Crippen molar-refractivity contribution in [3.63, 3.8) is 0 Å². The first-order valence-corrected chi connectivity index (χ1v) is 7.77. The van der Waals surface area contributed by atoms with Gasteiger partial charge in [0.05, 0.1) is 11.1 Å². The van der Waals surface area contributed by atoms with Crippen LogP contribution in [-0.4, -0.2) is 39.2 Å². The summed E-state index contributed by atoms with van der Waals surface area (Å²) in [6.45, 7) is 2.93. The Morgan fingerprint density at radius 1 is 1.29 bits per heavy atom. The number of carboxylic acids is 1. The van der Waals surface area contributed by atoms with Crippen molar-refractivity contribution in [3.05, 3.63) is 42.2 Å². The molecule has 0 spiro atoms. The van der Waals surface area contributed by atoms with Crippen LogP contribution in [0, 0.1) is 0 Å². The molecule has 3 aromatic rings. The maximum absolute atomic E-state index is 11.0. The second kappa shape index (κ2) is 6.57. The molecule has 3 rings (SSSR count). The highest BCUT2D eigenvalue weighted by atomic mass is 16.4. The van der Waals surface area contributed by atoms with Gasteiger partial charge in [-0.25, -0.2) is 9.78 Å². The van der Waals surface area contributed by atoms with Crippen LogP contribution in [-0.2, 0) is 0 Å². The van der Waals surface area contributed by atoms with Gasteiger partial charge in [-0.3, -0.25) is 0 Å². The lowest BCUT2D eigenvalue weighted by molar-refractivity contribution is 0.0697. The fourth-order valence-electron chi connectivity index (χ4n) is 2.45. The molecule has 0 saturated carbocycles. The summed E-state index contributed by atoms with van der Waals surface area (Å²) in [5.41, 5.74) is 1.88. The monoisotopic (exact) mass is 325 g/mol. The number of nitrogens with one attached hydrogen (secondary N) is 2. The smallest absolute Gasteiger partial charge is 0.337 e. The summed E-state index contributed by atoms with van der Waals surface area (Å²) < 4.78 is 1.77. The van der Waals surface area contributed by atoms with Gasteiger partial charge in [0.2, 0.25) is 5.95 Å². The fourth-order valence-corrected chi connectivity index (χ4v) is 2.45. The van der Waals surface area contributed by atoms with E-state index >= 15 is 0 Å². The molecule has 0 atom stereocenters. The van der Waals surface area contributed by atoms with E-state index in [0.29, 0.717) is 5.95 Å². The van der Waals surface area contributed by atoms with E-state index in [1.165, 1.54) is 0 Å². The molecule has 1 aromatic carbocycles. The molecule has 0 fully saturated rings. The molecule has 0 unspecified atom stereocenters. The summed E-state index contributed by atoms with van der Waals surface area (Å²) in [6, 6.07) is 7.36. The first kappa shape index (κ1) is 15.8. The first-order chi connectivity index (χ1) is 11.6. The predicted octanol–water partition coefficient (Wildman–Crippen LogP) is 2.98. The number of nitrogens with zero attached hydrogens (tertiary/aromatic N) is 3. The Labute approximate surface area is 139 Å². The van der Waals surface area contributed by atoms with Crippen molar-refractivity contribution in [2.24, 2.45) is 0 Å². The van der Waals surface area contributed by atoms with Crippen LogP contribution in [0.1, 0.15) is 23.7 Å². The van der Waals surface area contributed by atoms with E-state index in [1.54, 1.807) is 30.1 Å². The van der Waals surface area contributed by atoms with E-state index in [1.807, 2.05) is 18.2 Å². The topological polar surface area (TPSA) is 92.1 Å². The van der Waals surface area contributed by atoms with Crippen molar-refractivity contribution in [2.45, 2.75) is 13.3 Å². The van der Waals surface area contributed by atoms with Crippen LogP contribution in [0.2, 0.25) is 0 Å². The van der Waals surface area contributed by atoms with Crippen molar-refractivity contribution in [2.75, 3.05) is 24.2 Å². The molecule has 124 valence electrons. The number of fused-ring (bicyclic) bond motifs is 1. The molecular weight excluding hydrogens is 306 g/mol. The van der Waals surface area contributed by atoms with Crippen molar-refractivity contribution < 1.29 is 9.90 Å². The second-order valence-electron chi connectivity index (χ2n) is 5.39. The van der Waals surface area contributed by atoms with Gasteiger partial charge in [-0.2, -0.15) is 4.98 Å². The molecule has 3 N–H and O–H groups in total. The van der Waals surface area contributed by atoms with Gasteiger partial charge in [0, 0.05) is 37.1 Å². The van der Waals surface area contributed by atoms with Gasteiger partial charge in [-0.05, 0) is 30.7 Å². The molecular formula is C17H19N5O2. The molecule has 0 aliphatic heterocycles. The van der Waals surface area contributed by atoms with Gasteiger partial charge in [-0.15, -0.1) is 0 Å². The third-order valence-corrected chi connectivity index (χ3v) is 3.68. The number of carbonyl (C=O) groups is 1. The van der Waals surface area contributed by atoms with Crippen LogP contribution in [0.3, 0.4) is 0 Å². The van der Waals surface area contributed by atoms with E-state index in [-0.39, 0.29) is 5.56 Å². The summed E-state index contributed by atoms with van der Waals surface area (Å²) in [6.07, 6.45) is 4.31. The van der Waals surface area contributed by atoms with Crippen molar-refractivity contribution in [1.29, 1.82) is 0 Å². The summed E-state index contributed by atoms with van der Waals surface area (Å²) in [4.78, 5) is 20.0. The first-order valence-electron chi connectivity index (χ1n) is 7.77. The normalized spacial score (nSPS) is 10.8. The number of carboxylic acid groups (broad SMARTS) is 1. The zero-order valence-electron chi connectivity index (χ0n) is 13.6. The summed E-state index contributed by atoms with van der Waals surface area (Å²) in [5.74, 6) is 0.383. The summed E-state index contributed by atoms with van der Waals surface area (Å²) in [7, 11) is 1.78. The van der Waals surface area contributed by atoms with Crippen molar-refractivity contribution in [3.8, 4) is 5.69 Å². The highest BCUT2D eigenvalue weighted by Gasteiger charge is 2.10. The Morgan fingerprint density at radius 3 is 2.79 bits per heavy atom. The molecule has 0 amide bonds. The Kier molecular flexibility index (Phi) is 4.33. The van der Waals surface area contributed by atoms with Crippen LogP contribution in [0.5, 0.6) is 0 Å². The minimum atomic E-state index is -0.944. The van der Waals surface area contributed by atoms with Crippen molar-refractivity contribution >= 4 is 28.6 Å². The number of benzene rings is 1. The lowest BCUT2D eigenvalue weighted by Gasteiger charge is -2.11. The number of hydrogen-bond acceptors (Lipinski definition) is 5. The van der Waals surface area contributed by atoms with Crippen LogP contribution >= 0.6 is 0 Å². The van der Waals surface area contributed by atoms with E-state index in [4.69, 9.17) is 5.11 Å². The molecule has 0 saturated heterocycles.